The lowest BCUT2D eigenvalue weighted by Crippen LogP contribution is -1.99. The summed E-state index contributed by atoms with van der Waals surface area (Å²) >= 11 is 0. The van der Waals surface area contributed by atoms with Gasteiger partial charge in [-0.3, -0.25) is 10.1 Å². The Morgan fingerprint density at radius 2 is 1.95 bits per heavy atom. The number of pyridine rings is 1. The summed E-state index contributed by atoms with van der Waals surface area (Å²) < 4.78 is 15.6. The molecule has 104 valence electrons. The Kier molecular flexibility index (Phi) is 2.39. The van der Waals surface area contributed by atoms with Gasteiger partial charge in [0.1, 0.15) is 5.82 Å². The van der Waals surface area contributed by atoms with Gasteiger partial charge in [0.25, 0.3) is 0 Å². The fraction of sp³-hybridized carbons (Fsp3) is 0.125. The molecule has 0 fully saturated rings. The minimum atomic E-state index is -0.255. The molecule has 0 spiro atoms. The molecule has 1 N–H and O–H groups in total. The second-order valence-electron chi connectivity index (χ2n) is 5.18. The van der Waals surface area contributed by atoms with Crippen LogP contribution >= 0.6 is 0 Å². The molecule has 0 amide bonds. The monoisotopic (exact) mass is 280 g/mol. The van der Waals surface area contributed by atoms with Crippen molar-refractivity contribution in [3.8, 4) is 5.69 Å². The smallest absolute Gasteiger partial charge is 0.124 e. The zero-order chi connectivity index (χ0) is 14.6. The fourth-order valence-corrected chi connectivity index (χ4v) is 2.86. The van der Waals surface area contributed by atoms with Crippen LogP contribution in [0.1, 0.15) is 11.4 Å². The van der Waals surface area contributed by atoms with Crippen molar-refractivity contribution in [3.63, 3.8) is 0 Å². The molecule has 3 heterocycles. The van der Waals surface area contributed by atoms with Crippen molar-refractivity contribution in [2.24, 2.45) is 0 Å². The van der Waals surface area contributed by atoms with Gasteiger partial charge in [0.15, 0.2) is 0 Å². The number of hydrogen-bond donors (Lipinski definition) is 1. The lowest BCUT2D eigenvalue weighted by molar-refractivity contribution is 0.629. The molecule has 5 heteroatoms. The number of fused-ring (bicyclic) bond motifs is 3. The van der Waals surface area contributed by atoms with Crippen molar-refractivity contribution in [1.29, 1.82) is 0 Å². The van der Waals surface area contributed by atoms with E-state index in [0.29, 0.717) is 0 Å². The van der Waals surface area contributed by atoms with Crippen molar-refractivity contribution in [3.05, 3.63) is 53.7 Å². The summed E-state index contributed by atoms with van der Waals surface area (Å²) in [6.45, 7) is 3.94. The Labute approximate surface area is 120 Å². The summed E-state index contributed by atoms with van der Waals surface area (Å²) in [5, 5.41) is 7.86. The SMILES string of the molecule is Cc1ccc(-n2c3ccc(F)cc3c3[nH]ncc32)c(C)n1. The number of benzene rings is 1. The first kappa shape index (κ1) is 12.1. The minimum Gasteiger partial charge on any atom is -0.304 e. The summed E-state index contributed by atoms with van der Waals surface area (Å²) in [7, 11) is 0. The topological polar surface area (TPSA) is 46.5 Å². The summed E-state index contributed by atoms with van der Waals surface area (Å²) in [5.74, 6) is -0.255. The molecule has 0 saturated carbocycles. The van der Waals surface area contributed by atoms with E-state index in [1.165, 1.54) is 12.1 Å². The molecule has 0 radical (unpaired) electrons. The highest BCUT2D eigenvalue weighted by Gasteiger charge is 2.15. The molecule has 0 aliphatic carbocycles. The molecule has 3 aromatic heterocycles. The van der Waals surface area contributed by atoms with Gasteiger partial charge in [0, 0.05) is 11.1 Å². The van der Waals surface area contributed by atoms with Crippen LogP contribution in [-0.4, -0.2) is 19.7 Å². The van der Waals surface area contributed by atoms with E-state index in [1.54, 1.807) is 12.3 Å². The average molecular weight is 280 g/mol. The van der Waals surface area contributed by atoms with E-state index in [-0.39, 0.29) is 5.82 Å². The molecular formula is C16H13FN4. The standard InChI is InChI=1S/C16H13FN4/c1-9-3-5-13(10(2)19-9)21-14-6-4-11(17)7-12(14)16-15(21)8-18-20-16/h3-8H,1-2H3,(H,18,20). The molecule has 4 nitrogen and oxygen atoms in total. The quantitative estimate of drug-likeness (QED) is 0.578. The summed E-state index contributed by atoms with van der Waals surface area (Å²) in [5.41, 5.74) is 5.58. The van der Waals surface area contributed by atoms with Gasteiger partial charge in [0.2, 0.25) is 0 Å². The fourth-order valence-electron chi connectivity index (χ4n) is 2.86. The highest BCUT2D eigenvalue weighted by atomic mass is 19.1. The second kappa shape index (κ2) is 4.15. The van der Waals surface area contributed by atoms with Crippen LogP contribution in [0, 0.1) is 19.7 Å². The number of aromatic nitrogens is 4. The number of rotatable bonds is 1. The van der Waals surface area contributed by atoms with E-state index in [4.69, 9.17) is 0 Å². The molecule has 4 aromatic rings. The highest BCUT2D eigenvalue weighted by Crippen LogP contribution is 2.31. The zero-order valence-corrected chi connectivity index (χ0v) is 11.7. The molecule has 0 aliphatic heterocycles. The van der Waals surface area contributed by atoms with E-state index < -0.39 is 0 Å². The normalized spacial score (nSPS) is 11.6. The highest BCUT2D eigenvalue weighted by molar-refractivity contribution is 6.06. The predicted molar refractivity (Wildman–Crippen MR) is 80.2 cm³/mol. The maximum Gasteiger partial charge on any atom is 0.124 e. The van der Waals surface area contributed by atoms with Crippen molar-refractivity contribution in [2.75, 3.05) is 0 Å². The Balaban J connectivity index is 2.17. The lowest BCUT2D eigenvalue weighted by atomic mass is 10.2. The molecule has 0 aliphatic rings. The number of halogens is 1. The first-order valence-electron chi connectivity index (χ1n) is 6.73. The van der Waals surface area contributed by atoms with Gasteiger partial charge in [-0.25, -0.2) is 4.39 Å². The van der Waals surface area contributed by atoms with E-state index in [0.717, 1.165) is 39.0 Å². The summed E-state index contributed by atoms with van der Waals surface area (Å²) in [6.07, 6.45) is 1.76. The zero-order valence-electron chi connectivity index (χ0n) is 11.7. The first-order valence-corrected chi connectivity index (χ1v) is 6.73. The number of nitrogens with zero attached hydrogens (tertiary/aromatic N) is 3. The number of H-pyrrole nitrogens is 1. The molecule has 1 aromatic carbocycles. The molecule has 4 rings (SSSR count). The van der Waals surface area contributed by atoms with E-state index in [9.17, 15) is 4.39 Å². The Morgan fingerprint density at radius 3 is 2.76 bits per heavy atom. The third-order valence-electron chi connectivity index (χ3n) is 3.77. The van der Waals surface area contributed by atoms with Gasteiger partial charge < -0.3 is 4.57 Å². The van der Waals surface area contributed by atoms with E-state index >= 15 is 0 Å². The van der Waals surface area contributed by atoms with Crippen LogP contribution in [-0.2, 0) is 0 Å². The van der Waals surface area contributed by atoms with Crippen LogP contribution in [0.4, 0.5) is 4.39 Å². The molecule has 21 heavy (non-hydrogen) atoms. The second-order valence-corrected chi connectivity index (χ2v) is 5.18. The van der Waals surface area contributed by atoms with Crippen LogP contribution in [0.3, 0.4) is 0 Å². The van der Waals surface area contributed by atoms with Crippen LogP contribution in [0.2, 0.25) is 0 Å². The van der Waals surface area contributed by atoms with Crippen LogP contribution < -0.4 is 0 Å². The summed E-state index contributed by atoms with van der Waals surface area (Å²) in [4.78, 5) is 4.52. The molecular weight excluding hydrogens is 267 g/mol. The van der Waals surface area contributed by atoms with E-state index in [1.807, 2.05) is 26.0 Å². The van der Waals surface area contributed by atoms with Crippen molar-refractivity contribution in [2.45, 2.75) is 13.8 Å². The predicted octanol–water partition coefficient (Wildman–Crippen LogP) is 3.66. The third-order valence-corrected chi connectivity index (χ3v) is 3.77. The maximum atomic E-state index is 13.6. The van der Waals surface area contributed by atoms with Gasteiger partial charge >= 0.3 is 0 Å². The van der Waals surface area contributed by atoms with Gasteiger partial charge in [-0.1, -0.05) is 0 Å². The van der Waals surface area contributed by atoms with Gasteiger partial charge in [-0.2, -0.15) is 5.10 Å². The first-order chi connectivity index (χ1) is 10.1. The van der Waals surface area contributed by atoms with Crippen molar-refractivity contribution in [1.82, 2.24) is 19.7 Å². The van der Waals surface area contributed by atoms with Crippen LogP contribution in [0.25, 0.3) is 27.6 Å². The Hall–Kier alpha value is -2.69. The van der Waals surface area contributed by atoms with Gasteiger partial charge in [-0.05, 0) is 44.2 Å². The van der Waals surface area contributed by atoms with Gasteiger partial charge in [0.05, 0.1) is 34.1 Å². The van der Waals surface area contributed by atoms with Crippen LogP contribution in [0.15, 0.2) is 36.5 Å². The van der Waals surface area contributed by atoms with Gasteiger partial charge in [-0.15, -0.1) is 0 Å². The van der Waals surface area contributed by atoms with Crippen molar-refractivity contribution >= 4 is 21.9 Å². The third kappa shape index (κ3) is 1.67. The van der Waals surface area contributed by atoms with Crippen LogP contribution in [0.5, 0.6) is 0 Å². The molecule has 0 saturated heterocycles. The number of aryl methyl sites for hydroxylation is 2. The summed E-state index contributed by atoms with van der Waals surface area (Å²) in [6, 6.07) is 8.81. The number of hydrogen-bond acceptors (Lipinski definition) is 2. The maximum absolute atomic E-state index is 13.6. The lowest BCUT2D eigenvalue weighted by Gasteiger charge is -2.10. The number of nitrogens with one attached hydrogen (secondary N) is 1. The Bertz CT molecular complexity index is 981. The molecule has 0 bridgehead atoms. The number of aromatic amines is 1. The molecule has 0 atom stereocenters. The Morgan fingerprint density at radius 1 is 1.10 bits per heavy atom. The van der Waals surface area contributed by atoms with Crippen molar-refractivity contribution < 1.29 is 4.39 Å². The average Bonchev–Trinajstić information content (AvgIpc) is 3.00. The van der Waals surface area contributed by atoms with E-state index in [2.05, 4.69) is 19.7 Å². The largest absolute Gasteiger partial charge is 0.304 e. The molecule has 0 unspecified atom stereocenters. The minimum absolute atomic E-state index is 0.255.